The lowest BCUT2D eigenvalue weighted by Gasteiger charge is -2.32. The number of hydrogen-bond acceptors (Lipinski definition) is 4. The number of hydrazone groups is 1. The number of ether oxygens (including phenoxy) is 1. The molecule has 0 bridgehead atoms. The second-order valence-corrected chi connectivity index (χ2v) is 8.08. The first-order valence-corrected chi connectivity index (χ1v) is 10.7. The highest BCUT2D eigenvalue weighted by Gasteiger charge is 2.35. The number of quaternary nitrogens is 1. The molecular weight excluding hydrogens is 392 g/mol. The Balaban J connectivity index is 1.52. The van der Waals surface area contributed by atoms with Gasteiger partial charge in [-0.05, 0) is 23.3 Å². The zero-order valence-corrected chi connectivity index (χ0v) is 18.1. The number of piperazine rings is 1. The van der Waals surface area contributed by atoms with Crippen molar-refractivity contribution in [2.24, 2.45) is 5.10 Å². The Morgan fingerprint density at radius 2 is 1.74 bits per heavy atom. The van der Waals surface area contributed by atoms with Crippen LogP contribution >= 0.6 is 0 Å². The summed E-state index contributed by atoms with van der Waals surface area (Å²) >= 11 is 0. The highest BCUT2D eigenvalue weighted by atomic mass is 16.5. The molecule has 7 heteroatoms. The van der Waals surface area contributed by atoms with Gasteiger partial charge >= 0.3 is 0 Å². The van der Waals surface area contributed by atoms with E-state index in [1.807, 2.05) is 59.5 Å². The van der Waals surface area contributed by atoms with Crippen molar-refractivity contribution < 1.29 is 19.2 Å². The van der Waals surface area contributed by atoms with Gasteiger partial charge in [0.2, 0.25) is 5.91 Å². The lowest BCUT2D eigenvalue weighted by Crippen LogP contribution is -3.15. The number of benzene rings is 2. The summed E-state index contributed by atoms with van der Waals surface area (Å²) in [5.74, 6) is 0.899. The van der Waals surface area contributed by atoms with Crippen LogP contribution in [0, 0.1) is 0 Å². The van der Waals surface area contributed by atoms with E-state index in [4.69, 9.17) is 9.84 Å². The van der Waals surface area contributed by atoms with Gasteiger partial charge in [0.15, 0.2) is 6.54 Å². The van der Waals surface area contributed by atoms with Gasteiger partial charge in [-0.25, -0.2) is 5.01 Å². The first-order valence-electron chi connectivity index (χ1n) is 10.7. The Kier molecular flexibility index (Phi) is 6.32. The molecule has 0 aromatic heterocycles. The summed E-state index contributed by atoms with van der Waals surface area (Å²) < 4.78 is 5.28. The predicted molar refractivity (Wildman–Crippen MR) is 118 cm³/mol. The van der Waals surface area contributed by atoms with Gasteiger partial charge in [0.05, 0.1) is 45.0 Å². The zero-order chi connectivity index (χ0) is 21.8. The Bertz CT molecular complexity index is 951. The second-order valence-electron chi connectivity index (χ2n) is 8.08. The number of carbonyl (C=O) groups is 2. The van der Waals surface area contributed by atoms with Gasteiger partial charge in [-0.2, -0.15) is 5.10 Å². The summed E-state index contributed by atoms with van der Waals surface area (Å²) in [6, 6.07) is 17.7. The number of amides is 2. The van der Waals surface area contributed by atoms with Crippen LogP contribution in [-0.4, -0.2) is 67.3 Å². The van der Waals surface area contributed by atoms with Gasteiger partial charge in [0, 0.05) is 13.3 Å². The minimum Gasteiger partial charge on any atom is -0.497 e. The Morgan fingerprint density at radius 1 is 1.06 bits per heavy atom. The van der Waals surface area contributed by atoms with Gasteiger partial charge in [-0.15, -0.1) is 0 Å². The van der Waals surface area contributed by atoms with Crippen LogP contribution in [0.3, 0.4) is 0 Å². The molecule has 2 amide bonds. The third kappa shape index (κ3) is 4.77. The van der Waals surface area contributed by atoms with Crippen LogP contribution in [0.15, 0.2) is 59.7 Å². The van der Waals surface area contributed by atoms with Gasteiger partial charge in [0.1, 0.15) is 5.75 Å². The van der Waals surface area contributed by atoms with E-state index in [9.17, 15) is 9.59 Å². The fourth-order valence-electron chi connectivity index (χ4n) is 4.24. The molecule has 0 radical (unpaired) electrons. The number of nitrogens with zero attached hydrogens (tertiary/aromatic N) is 3. The molecule has 2 aromatic carbocycles. The fraction of sp³-hybridized carbons (Fsp3) is 0.375. The zero-order valence-electron chi connectivity index (χ0n) is 18.1. The standard InChI is InChI=1S/C24H28N4O3/c1-18(29)27-14-12-26(13-15-27)17-24(30)28-23(20-8-10-21(31-2)11-9-20)16-22(25-28)19-6-4-3-5-7-19/h3-11,23H,12-17H2,1-2H3/p+1/t23-/m1/s1. The van der Waals surface area contributed by atoms with Crippen molar-refractivity contribution in [1.29, 1.82) is 0 Å². The molecule has 2 aliphatic rings. The van der Waals surface area contributed by atoms with E-state index < -0.39 is 0 Å². The molecule has 0 saturated carbocycles. The van der Waals surface area contributed by atoms with E-state index in [0.29, 0.717) is 26.1 Å². The summed E-state index contributed by atoms with van der Waals surface area (Å²) in [6.07, 6.45) is 0.676. The maximum Gasteiger partial charge on any atom is 0.298 e. The SMILES string of the molecule is COc1ccc([C@H]2CC(c3ccccc3)=NN2C(=O)C[NH+]2CCN(C(C)=O)CC2)cc1. The summed E-state index contributed by atoms with van der Waals surface area (Å²) in [6.45, 7) is 4.92. The molecule has 4 rings (SSSR count). The molecular formula is C24H29N4O3+. The summed E-state index contributed by atoms with van der Waals surface area (Å²) in [4.78, 5) is 27.9. The van der Waals surface area contributed by atoms with E-state index in [2.05, 4.69) is 0 Å². The molecule has 1 fully saturated rings. The minimum atomic E-state index is -0.133. The van der Waals surface area contributed by atoms with E-state index >= 15 is 0 Å². The molecule has 1 atom stereocenters. The maximum absolute atomic E-state index is 13.3. The van der Waals surface area contributed by atoms with Crippen LogP contribution < -0.4 is 9.64 Å². The molecule has 31 heavy (non-hydrogen) atoms. The van der Waals surface area contributed by atoms with Crippen molar-refractivity contribution in [2.45, 2.75) is 19.4 Å². The summed E-state index contributed by atoms with van der Waals surface area (Å²) in [7, 11) is 1.64. The number of hydrogen-bond donors (Lipinski definition) is 1. The first kappa shape index (κ1) is 21.1. The Labute approximate surface area is 182 Å². The van der Waals surface area contributed by atoms with Crippen molar-refractivity contribution in [3.63, 3.8) is 0 Å². The molecule has 1 N–H and O–H groups in total. The van der Waals surface area contributed by atoms with Gasteiger partial charge in [0.25, 0.3) is 5.91 Å². The minimum absolute atomic E-state index is 0.0121. The molecule has 1 saturated heterocycles. The Morgan fingerprint density at radius 3 is 2.35 bits per heavy atom. The van der Waals surface area contributed by atoms with Crippen LogP contribution in [0.5, 0.6) is 5.75 Å². The van der Waals surface area contributed by atoms with E-state index in [1.54, 1.807) is 19.0 Å². The molecule has 2 aromatic rings. The fourth-order valence-corrected chi connectivity index (χ4v) is 4.24. The van der Waals surface area contributed by atoms with Crippen LogP contribution in [0.4, 0.5) is 0 Å². The van der Waals surface area contributed by atoms with Crippen LogP contribution in [0.1, 0.15) is 30.5 Å². The number of nitrogens with one attached hydrogen (secondary N) is 1. The van der Waals surface area contributed by atoms with Crippen LogP contribution in [0.25, 0.3) is 0 Å². The highest BCUT2D eigenvalue weighted by Crippen LogP contribution is 2.33. The predicted octanol–water partition coefficient (Wildman–Crippen LogP) is 1.12. The summed E-state index contributed by atoms with van der Waals surface area (Å²) in [5.41, 5.74) is 3.00. The normalized spacial score (nSPS) is 19.3. The number of rotatable bonds is 5. The van der Waals surface area contributed by atoms with Crippen LogP contribution in [-0.2, 0) is 9.59 Å². The molecule has 0 unspecified atom stereocenters. The quantitative estimate of drug-likeness (QED) is 0.787. The lowest BCUT2D eigenvalue weighted by molar-refractivity contribution is -0.896. The summed E-state index contributed by atoms with van der Waals surface area (Å²) in [5, 5.41) is 6.42. The van der Waals surface area contributed by atoms with E-state index in [0.717, 1.165) is 35.7 Å². The van der Waals surface area contributed by atoms with Crippen molar-refractivity contribution >= 4 is 17.5 Å². The highest BCUT2D eigenvalue weighted by molar-refractivity contribution is 6.03. The lowest BCUT2D eigenvalue weighted by atomic mass is 9.98. The molecule has 2 aliphatic heterocycles. The molecule has 2 heterocycles. The average Bonchev–Trinajstić information content (AvgIpc) is 3.26. The second kappa shape index (κ2) is 9.31. The molecule has 162 valence electrons. The van der Waals surface area contributed by atoms with Crippen molar-refractivity contribution in [2.75, 3.05) is 39.8 Å². The van der Waals surface area contributed by atoms with E-state index in [-0.39, 0.29) is 17.9 Å². The van der Waals surface area contributed by atoms with Gasteiger partial charge in [-0.1, -0.05) is 42.5 Å². The topological polar surface area (TPSA) is 66.7 Å². The van der Waals surface area contributed by atoms with E-state index in [1.165, 1.54) is 4.90 Å². The smallest absolute Gasteiger partial charge is 0.298 e. The van der Waals surface area contributed by atoms with Crippen LogP contribution in [0.2, 0.25) is 0 Å². The third-order valence-corrected chi connectivity index (χ3v) is 6.09. The average molecular weight is 422 g/mol. The number of methoxy groups -OCH3 is 1. The van der Waals surface area contributed by atoms with Crippen molar-refractivity contribution in [1.82, 2.24) is 9.91 Å². The van der Waals surface area contributed by atoms with Crippen molar-refractivity contribution in [3.8, 4) is 5.75 Å². The maximum atomic E-state index is 13.3. The van der Waals surface area contributed by atoms with Gasteiger partial charge in [-0.3, -0.25) is 9.59 Å². The monoisotopic (exact) mass is 421 g/mol. The number of carbonyl (C=O) groups excluding carboxylic acids is 2. The third-order valence-electron chi connectivity index (χ3n) is 6.09. The first-order chi connectivity index (χ1) is 15.0. The van der Waals surface area contributed by atoms with Gasteiger partial charge < -0.3 is 14.5 Å². The largest absolute Gasteiger partial charge is 0.497 e. The Hall–Kier alpha value is -3.19. The molecule has 7 nitrogen and oxygen atoms in total. The molecule has 0 aliphatic carbocycles. The van der Waals surface area contributed by atoms with Crippen molar-refractivity contribution in [3.05, 3.63) is 65.7 Å². The molecule has 0 spiro atoms.